The van der Waals surface area contributed by atoms with Crippen molar-refractivity contribution < 1.29 is 14.2 Å². The van der Waals surface area contributed by atoms with Crippen molar-refractivity contribution in [3.63, 3.8) is 0 Å². The van der Waals surface area contributed by atoms with E-state index in [9.17, 15) is 0 Å². The molecule has 0 aliphatic carbocycles. The van der Waals surface area contributed by atoms with Crippen LogP contribution in [-0.4, -0.2) is 30.9 Å². The summed E-state index contributed by atoms with van der Waals surface area (Å²) in [6, 6.07) is 20.7. The van der Waals surface area contributed by atoms with Crippen molar-refractivity contribution >= 4 is 0 Å². The number of benzene rings is 2. The highest BCUT2D eigenvalue weighted by molar-refractivity contribution is 5.22. The lowest BCUT2D eigenvalue weighted by atomic mass is 9.85. The zero-order valence-electron chi connectivity index (χ0n) is 18.5. The lowest BCUT2D eigenvalue weighted by Gasteiger charge is -2.39. The molecule has 2 aromatic carbocycles. The molecule has 0 heterocycles. The number of rotatable bonds is 11. The number of nitrogens with zero attached hydrogens (tertiary/aromatic N) is 1. The van der Waals surface area contributed by atoms with Gasteiger partial charge in [-0.3, -0.25) is 0 Å². The summed E-state index contributed by atoms with van der Waals surface area (Å²) < 4.78 is 7.11. The highest BCUT2D eigenvalue weighted by atomic mass is 16.7. The monoisotopic (exact) mass is 384 g/mol. The van der Waals surface area contributed by atoms with E-state index in [-0.39, 0.29) is 5.60 Å². The van der Waals surface area contributed by atoms with Crippen LogP contribution in [-0.2, 0) is 11.4 Å². The van der Waals surface area contributed by atoms with Crippen LogP contribution >= 0.6 is 0 Å². The van der Waals surface area contributed by atoms with Crippen LogP contribution in [0.5, 0.6) is 5.75 Å². The second-order valence-electron chi connectivity index (χ2n) is 9.29. The van der Waals surface area contributed by atoms with E-state index < -0.39 is 0 Å². The molecule has 0 saturated carbocycles. The fourth-order valence-electron chi connectivity index (χ4n) is 3.90. The van der Waals surface area contributed by atoms with Gasteiger partial charge in [-0.25, -0.2) is 0 Å². The third-order valence-corrected chi connectivity index (χ3v) is 4.72. The zero-order chi connectivity index (χ0) is 20.6. The molecule has 0 saturated heterocycles. The summed E-state index contributed by atoms with van der Waals surface area (Å²) in [4.78, 5) is 6.49. The van der Waals surface area contributed by atoms with Crippen LogP contribution in [0.3, 0.4) is 0 Å². The van der Waals surface area contributed by atoms with E-state index in [1.807, 2.05) is 36.4 Å². The molecule has 3 nitrogen and oxygen atoms in total. The van der Waals surface area contributed by atoms with Crippen LogP contribution in [0.25, 0.3) is 0 Å². The van der Waals surface area contributed by atoms with Crippen molar-refractivity contribution in [1.29, 1.82) is 0 Å². The predicted molar refractivity (Wildman–Crippen MR) is 117 cm³/mol. The van der Waals surface area contributed by atoms with Gasteiger partial charge in [-0.15, -0.1) is 0 Å². The van der Waals surface area contributed by atoms with E-state index in [4.69, 9.17) is 9.57 Å². The third kappa shape index (κ3) is 7.65. The molecule has 0 bridgehead atoms. The first-order valence-corrected chi connectivity index (χ1v) is 10.5. The van der Waals surface area contributed by atoms with Gasteiger partial charge in [-0.1, -0.05) is 76.2 Å². The Kier molecular flexibility index (Phi) is 8.09. The zero-order valence-corrected chi connectivity index (χ0v) is 18.5. The minimum absolute atomic E-state index is 0.337. The normalized spacial score (nSPS) is 12.6. The van der Waals surface area contributed by atoms with E-state index in [1.165, 1.54) is 5.56 Å². The van der Waals surface area contributed by atoms with E-state index in [0.717, 1.165) is 25.1 Å². The second kappa shape index (κ2) is 10.1. The van der Waals surface area contributed by atoms with Crippen molar-refractivity contribution in [1.82, 2.24) is 0 Å². The van der Waals surface area contributed by atoms with Crippen LogP contribution in [0.1, 0.15) is 46.1 Å². The number of hydrogen-bond acceptors (Lipinski definition) is 2. The van der Waals surface area contributed by atoms with E-state index in [1.54, 1.807) is 0 Å². The van der Waals surface area contributed by atoms with Crippen LogP contribution in [0.4, 0.5) is 0 Å². The summed E-state index contributed by atoms with van der Waals surface area (Å²) in [5.74, 6) is 1.97. The SMILES string of the molecule is CC(C)CC(CO[N+](C)(C)Cc1ccccc1)(CC(C)C)Oc1ccccc1. The molecular weight excluding hydrogens is 346 g/mol. The second-order valence-corrected chi connectivity index (χ2v) is 9.29. The Morgan fingerprint density at radius 3 is 1.79 bits per heavy atom. The smallest absolute Gasteiger partial charge is 0.146 e. The maximum absolute atomic E-state index is 6.63. The van der Waals surface area contributed by atoms with Gasteiger partial charge in [0.25, 0.3) is 0 Å². The van der Waals surface area contributed by atoms with E-state index in [0.29, 0.717) is 23.1 Å². The van der Waals surface area contributed by atoms with E-state index >= 15 is 0 Å². The highest BCUT2D eigenvalue weighted by Gasteiger charge is 2.38. The molecule has 3 heteroatoms. The van der Waals surface area contributed by atoms with Gasteiger partial charge in [0.15, 0.2) is 0 Å². The molecule has 0 N–H and O–H groups in total. The van der Waals surface area contributed by atoms with Crippen LogP contribution in [0.15, 0.2) is 60.7 Å². The van der Waals surface area contributed by atoms with Crippen LogP contribution in [0, 0.1) is 11.8 Å². The lowest BCUT2D eigenvalue weighted by Crippen LogP contribution is -2.49. The highest BCUT2D eigenvalue weighted by Crippen LogP contribution is 2.32. The minimum atomic E-state index is -0.337. The average Bonchev–Trinajstić information content (AvgIpc) is 2.60. The first kappa shape index (κ1) is 22.4. The lowest BCUT2D eigenvalue weighted by molar-refractivity contribution is -1.09. The van der Waals surface area contributed by atoms with Crippen LogP contribution in [0.2, 0.25) is 0 Å². The molecule has 154 valence electrons. The fourth-order valence-corrected chi connectivity index (χ4v) is 3.90. The Morgan fingerprint density at radius 1 is 0.786 bits per heavy atom. The number of hydrogen-bond donors (Lipinski definition) is 0. The van der Waals surface area contributed by atoms with Crippen molar-refractivity contribution in [2.24, 2.45) is 11.8 Å². The Hall–Kier alpha value is -1.84. The molecule has 0 spiro atoms. The maximum atomic E-state index is 6.63. The van der Waals surface area contributed by atoms with E-state index in [2.05, 4.69) is 66.1 Å². The largest absolute Gasteiger partial charge is 0.485 e. The van der Waals surface area contributed by atoms with Gasteiger partial charge >= 0.3 is 0 Å². The van der Waals surface area contributed by atoms with Crippen molar-refractivity contribution in [3.8, 4) is 5.75 Å². The summed E-state index contributed by atoms with van der Waals surface area (Å²) in [6.07, 6.45) is 1.93. The molecule has 0 atom stereocenters. The fraction of sp³-hybridized carbons (Fsp3) is 0.520. The van der Waals surface area contributed by atoms with Crippen molar-refractivity contribution in [2.45, 2.75) is 52.7 Å². The number of quaternary nitrogens is 1. The Labute approximate surface area is 171 Å². The maximum Gasteiger partial charge on any atom is 0.146 e. The Balaban J connectivity index is 2.19. The van der Waals surface area contributed by atoms with Gasteiger partial charge in [-0.2, -0.15) is 9.48 Å². The molecule has 2 rings (SSSR count). The summed E-state index contributed by atoms with van der Waals surface area (Å²) in [5.41, 5.74) is 0.936. The summed E-state index contributed by atoms with van der Waals surface area (Å²) in [7, 11) is 4.23. The summed E-state index contributed by atoms with van der Waals surface area (Å²) in [5, 5.41) is 0. The van der Waals surface area contributed by atoms with Crippen LogP contribution < -0.4 is 4.74 Å². The number of hydroxylamine groups is 3. The first-order valence-electron chi connectivity index (χ1n) is 10.5. The molecule has 0 radical (unpaired) electrons. The van der Waals surface area contributed by atoms with Gasteiger partial charge in [0.1, 0.15) is 24.5 Å². The third-order valence-electron chi connectivity index (χ3n) is 4.72. The Morgan fingerprint density at radius 2 is 1.29 bits per heavy atom. The molecule has 2 aromatic rings. The molecule has 0 aliphatic rings. The summed E-state index contributed by atoms with van der Waals surface area (Å²) in [6.45, 7) is 10.4. The number of para-hydroxylation sites is 1. The van der Waals surface area contributed by atoms with Gasteiger partial charge in [0, 0.05) is 5.56 Å². The van der Waals surface area contributed by atoms with Gasteiger partial charge in [0.2, 0.25) is 0 Å². The molecule has 0 aromatic heterocycles. The molecule has 0 aliphatic heterocycles. The quantitative estimate of drug-likeness (QED) is 0.344. The first-order chi connectivity index (χ1) is 13.2. The molecule has 0 unspecified atom stereocenters. The standard InChI is InChI=1S/C25H38NO2/c1-21(2)17-25(18-22(3)4,28-24-15-11-8-12-16-24)20-27-26(5,6)19-23-13-9-7-10-14-23/h7-16,21-22H,17-20H2,1-6H3/q+1. The minimum Gasteiger partial charge on any atom is -0.485 e. The van der Waals surface area contributed by atoms with Gasteiger partial charge in [0.05, 0.1) is 14.1 Å². The molecule has 0 amide bonds. The predicted octanol–water partition coefficient (Wildman–Crippen LogP) is 6.10. The van der Waals surface area contributed by atoms with Gasteiger partial charge < -0.3 is 4.74 Å². The average molecular weight is 385 g/mol. The summed E-state index contributed by atoms with van der Waals surface area (Å²) >= 11 is 0. The molecular formula is C25H38NO2+. The number of ether oxygens (including phenoxy) is 1. The topological polar surface area (TPSA) is 18.5 Å². The molecule has 0 fully saturated rings. The Bertz CT molecular complexity index is 670. The van der Waals surface area contributed by atoms with Crippen molar-refractivity contribution in [3.05, 3.63) is 66.2 Å². The molecule has 28 heavy (non-hydrogen) atoms. The van der Waals surface area contributed by atoms with Gasteiger partial charge in [-0.05, 0) is 36.8 Å². The van der Waals surface area contributed by atoms with Crippen molar-refractivity contribution in [2.75, 3.05) is 20.7 Å².